The van der Waals surface area contributed by atoms with E-state index in [9.17, 15) is 18.1 Å². The molecule has 0 aliphatic heterocycles. The monoisotopic (exact) mass is 564 g/mol. The summed E-state index contributed by atoms with van der Waals surface area (Å²) in [6.07, 6.45) is 0. The third-order valence-corrected chi connectivity index (χ3v) is 9.06. The van der Waals surface area contributed by atoms with Crippen LogP contribution >= 0.6 is 27.3 Å². The molecule has 174 valence electrons. The van der Waals surface area contributed by atoms with Gasteiger partial charge in [-0.2, -0.15) is 5.26 Å². The van der Waals surface area contributed by atoms with Gasteiger partial charge in [0.15, 0.2) is 0 Å². The van der Waals surface area contributed by atoms with Gasteiger partial charge in [0.05, 0.1) is 16.1 Å². The van der Waals surface area contributed by atoms with Crippen LogP contribution in [0.1, 0.15) is 16.0 Å². The molecule has 0 saturated heterocycles. The van der Waals surface area contributed by atoms with E-state index in [4.69, 9.17) is 0 Å². The number of halogens is 2. The third kappa shape index (κ3) is 3.90. The van der Waals surface area contributed by atoms with Gasteiger partial charge in [-0.1, -0.05) is 34.1 Å². The highest BCUT2D eigenvalue weighted by molar-refractivity contribution is 9.10. The largest absolute Gasteiger partial charge is 0.268 e. The molecule has 0 aliphatic rings. The summed E-state index contributed by atoms with van der Waals surface area (Å²) in [5.41, 5.74) is 4.23. The fourth-order valence-corrected chi connectivity index (χ4v) is 6.95. The van der Waals surface area contributed by atoms with Crippen LogP contribution < -0.4 is 0 Å². The standard InChI is InChI=1S/C27H18BrFN2O2S2/c1-16-6-8-21(12-17(16)2)35(32,33)31-24-9-7-20(29)14-23(24)26(22-10-11-34-25(22)15-30)27(31)18-4-3-5-19(28)13-18/h3-14H,1-2H3. The topological polar surface area (TPSA) is 62.9 Å². The lowest BCUT2D eigenvalue weighted by Crippen LogP contribution is -2.14. The fraction of sp³-hybridized carbons (Fsp3) is 0.0741. The van der Waals surface area contributed by atoms with E-state index in [0.29, 0.717) is 38.2 Å². The lowest BCUT2D eigenvalue weighted by Gasteiger charge is -2.15. The summed E-state index contributed by atoms with van der Waals surface area (Å²) in [7, 11) is -4.10. The molecular weight excluding hydrogens is 547 g/mol. The van der Waals surface area contributed by atoms with Gasteiger partial charge in [-0.25, -0.2) is 16.8 Å². The number of nitriles is 1. The number of aromatic nitrogens is 1. The summed E-state index contributed by atoms with van der Waals surface area (Å²) in [6.45, 7) is 3.79. The zero-order valence-corrected chi connectivity index (χ0v) is 21.9. The maximum atomic E-state index is 14.5. The second-order valence-corrected chi connectivity index (χ2v) is 11.8. The Hall–Kier alpha value is -3.25. The molecular formula is C27H18BrFN2O2S2. The summed E-state index contributed by atoms with van der Waals surface area (Å²) >= 11 is 4.74. The SMILES string of the molecule is Cc1ccc(S(=O)(=O)n2c(-c3cccc(Br)c3)c(-c3ccsc3C#N)c3cc(F)ccc32)cc1C. The fourth-order valence-electron chi connectivity index (χ4n) is 4.23. The summed E-state index contributed by atoms with van der Waals surface area (Å²) in [6, 6.07) is 20.3. The molecule has 0 saturated carbocycles. The average molecular weight is 565 g/mol. The molecule has 0 N–H and O–H groups in total. The average Bonchev–Trinajstić information content (AvgIpc) is 3.42. The van der Waals surface area contributed by atoms with Gasteiger partial charge in [0.2, 0.25) is 0 Å². The molecule has 5 aromatic rings. The maximum absolute atomic E-state index is 14.5. The number of hydrogen-bond acceptors (Lipinski definition) is 4. The smallest absolute Gasteiger partial charge is 0.233 e. The molecule has 0 amide bonds. The first kappa shape index (κ1) is 23.5. The Labute approximate surface area is 215 Å². The Morgan fingerprint density at radius 2 is 1.80 bits per heavy atom. The molecule has 8 heteroatoms. The van der Waals surface area contributed by atoms with E-state index in [-0.39, 0.29) is 4.90 Å². The molecule has 0 unspecified atom stereocenters. The van der Waals surface area contributed by atoms with E-state index in [0.717, 1.165) is 15.6 Å². The Balaban J connectivity index is 2.00. The van der Waals surface area contributed by atoms with E-state index in [2.05, 4.69) is 22.0 Å². The number of fused-ring (bicyclic) bond motifs is 1. The minimum absolute atomic E-state index is 0.135. The number of hydrogen-bond donors (Lipinski definition) is 0. The van der Waals surface area contributed by atoms with Gasteiger partial charge < -0.3 is 0 Å². The predicted molar refractivity (Wildman–Crippen MR) is 142 cm³/mol. The molecule has 2 heterocycles. The van der Waals surface area contributed by atoms with Gasteiger partial charge in [-0.05, 0) is 78.9 Å². The van der Waals surface area contributed by atoms with Crippen LogP contribution in [-0.4, -0.2) is 12.4 Å². The maximum Gasteiger partial charge on any atom is 0.268 e. The molecule has 0 fully saturated rings. The third-order valence-electron chi connectivity index (χ3n) is 6.04. The van der Waals surface area contributed by atoms with Crippen LogP contribution in [0.15, 0.2) is 81.5 Å². The first-order chi connectivity index (χ1) is 16.7. The molecule has 5 rings (SSSR count). The highest BCUT2D eigenvalue weighted by Crippen LogP contribution is 2.45. The van der Waals surface area contributed by atoms with Crippen molar-refractivity contribution in [2.75, 3.05) is 0 Å². The second kappa shape index (κ2) is 8.76. The van der Waals surface area contributed by atoms with Crippen molar-refractivity contribution in [3.8, 4) is 28.5 Å². The molecule has 0 spiro atoms. The molecule has 0 atom stereocenters. The zero-order valence-electron chi connectivity index (χ0n) is 18.7. The van der Waals surface area contributed by atoms with Crippen LogP contribution in [0.5, 0.6) is 0 Å². The van der Waals surface area contributed by atoms with Crippen molar-refractivity contribution < 1.29 is 12.8 Å². The van der Waals surface area contributed by atoms with Crippen molar-refractivity contribution in [3.63, 3.8) is 0 Å². The first-order valence-electron chi connectivity index (χ1n) is 10.6. The van der Waals surface area contributed by atoms with Crippen LogP contribution in [0.4, 0.5) is 4.39 Å². The van der Waals surface area contributed by atoms with Crippen LogP contribution in [0.25, 0.3) is 33.3 Å². The van der Waals surface area contributed by atoms with Gasteiger partial charge in [0, 0.05) is 26.5 Å². The number of aryl methyl sites for hydroxylation is 2. The van der Waals surface area contributed by atoms with Gasteiger partial charge in [0.1, 0.15) is 16.8 Å². The summed E-state index contributed by atoms with van der Waals surface area (Å²) in [5.74, 6) is -0.492. The Kier molecular flexibility index (Phi) is 5.88. The highest BCUT2D eigenvalue weighted by atomic mass is 79.9. The summed E-state index contributed by atoms with van der Waals surface area (Å²) in [5, 5.41) is 12.0. The minimum Gasteiger partial charge on any atom is -0.233 e. The van der Waals surface area contributed by atoms with Gasteiger partial charge in [0.25, 0.3) is 10.0 Å². The van der Waals surface area contributed by atoms with Gasteiger partial charge in [-0.15, -0.1) is 11.3 Å². The first-order valence-corrected chi connectivity index (χ1v) is 13.7. The molecule has 2 aromatic heterocycles. The normalized spacial score (nSPS) is 11.6. The van der Waals surface area contributed by atoms with Gasteiger partial charge >= 0.3 is 0 Å². The highest BCUT2D eigenvalue weighted by Gasteiger charge is 2.30. The van der Waals surface area contributed by atoms with Gasteiger partial charge in [-0.3, -0.25) is 0 Å². The molecule has 4 nitrogen and oxygen atoms in total. The molecule has 35 heavy (non-hydrogen) atoms. The molecule has 0 bridgehead atoms. The van der Waals surface area contributed by atoms with Crippen molar-refractivity contribution in [1.82, 2.24) is 3.97 Å². The van der Waals surface area contributed by atoms with Crippen molar-refractivity contribution >= 4 is 48.2 Å². The number of rotatable bonds is 4. The van der Waals surface area contributed by atoms with E-state index in [1.54, 1.807) is 29.6 Å². The van der Waals surface area contributed by atoms with Crippen molar-refractivity contribution in [3.05, 3.63) is 98.4 Å². The van der Waals surface area contributed by atoms with Crippen LogP contribution in [0.2, 0.25) is 0 Å². The molecule has 0 radical (unpaired) electrons. The number of benzene rings is 3. The van der Waals surface area contributed by atoms with E-state index < -0.39 is 15.8 Å². The lowest BCUT2D eigenvalue weighted by molar-refractivity contribution is 0.589. The van der Waals surface area contributed by atoms with Crippen molar-refractivity contribution in [2.24, 2.45) is 0 Å². The number of thiophene rings is 1. The Bertz CT molecular complexity index is 1780. The molecule has 0 aliphatic carbocycles. The summed E-state index contributed by atoms with van der Waals surface area (Å²) < 4.78 is 45.0. The summed E-state index contributed by atoms with van der Waals surface area (Å²) in [4.78, 5) is 0.559. The Morgan fingerprint density at radius 1 is 1.00 bits per heavy atom. The molecule has 3 aromatic carbocycles. The van der Waals surface area contributed by atoms with Crippen molar-refractivity contribution in [2.45, 2.75) is 18.7 Å². The number of nitrogens with zero attached hydrogens (tertiary/aromatic N) is 2. The van der Waals surface area contributed by atoms with E-state index in [1.807, 2.05) is 38.1 Å². The zero-order chi connectivity index (χ0) is 24.9. The predicted octanol–water partition coefficient (Wildman–Crippen LogP) is 7.66. The van der Waals surface area contributed by atoms with Crippen LogP contribution in [0.3, 0.4) is 0 Å². The second-order valence-electron chi connectivity index (χ2n) is 8.19. The van der Waals surface area contributed by atoms with Crippen LogP contribution in [0, 0.1) is 31.0 Å². The minimum atomic E-state index is -4.10. The van der Waals surface area contributed by atoms with Crippen LogP contribution in [-0.2, 0) is 10.0 Å². The quantitative estimate of drug-likeness (QED) is 0.225. The van der Waals surface area contributed by atoms with Crippen molar-refractivity contribution in [1.29, 1.82) is 5.26 Å². The van der Waals surface area contributed by atoms with E-state index >= 15 is 0 Å². The Morgan fingerprint density at radius 3 is 2.51 bits per heavy atom. The van der Waals surface area contributed by atoms with E-state index in [1.165, 1.54) is 33.5 Å². The lowest BCUT2D eigenvalue weighted by atomic mass is 9.99.